The molecule has 0 aromatic heterocycles. The van der Waals surface area contributed by atoms with Gasteiger partial charge in [0.1, 0.15) is 17.7 Å². The maximum absolute atomic E-state index is 13.2. The normalized spacial score (nSPS) is 13.7. The predicted octanol–water partition coefficient (Wildman–Crippen LogP) is 2.35. The number of carbonyl (C=O) groups is 1. The molecule has 0 radical (unpaired) electrons. The van der Waals surface area contributed by atoms with Gasteiger partial charge >= 0.3 is 5.97 Å². The van der Waals surface area contributed by atoms with E-state index in [0.29, 0.717) is 31.3 Å². The van der Waals surface area contributed by atoms with Gasteiger partial charge in [-0.05, 0) is 25.5 Å². The van der Waals surface area contributed by atoms with Gasteiger partial charge in [0.05, 0.1) is 26.1 Å². The molecule has 140 valence electrons. The first kappa shape index (κ1) is 20.7. The summed E-state index contributed by atoms with van der Waals surface area (Å²) in [6.07, 6.45) is 0.616. The number of esters is 1. The van der Waals surface area contributed by atoms with Gasteiger partial charge in [0.2, 0.25) is 0 Å². The molecule has 25 heavy (non-hydrogen) atoms. The zero-order valence-electron chi connectivity index (χ0n) is 15.3. The zero-order valence-corrected chi connectivity index (χ0v) is 15.3. The van der Waals surface area contributed by atoms with Gasteiger partial charge < -0.3 is 20.1 Å². The molecule has 1 rings (SSSR count). The van der Waals surface area contributed by atoms with Crippen LogP contribution in [0.2, 0.25) is 0 Å². The van der Waals surface area contributed by atoms with Gasteiger partial charge in [0, 0.05) is 12.6 Å². The second kappa shape index (κ2) is 11.3. The minimum Gasteiger partial charge on any atom is -0.489 e. The monoisotopic (exact) mass is 353 g/mol. The van der Waals surface area contributed by atoms with Crippen LogP contribution in [0.15, 0.2) is 29.3 Å². The van der Waals surface area contributed by atoms with Gasteiger partial charge in [-0.1, -0.05) is 19.9 Å². The summed E-state index contributed by atoms with van der Waals surface area (Å²) < 4.78 is 23.7. The number of benzene rings is 1. The van der Waals surface area contributed by atoms with E-state index in [1.165, 1.54) is 19.2 Å². The van der Waals surface area contributed by atoms with Crippen LogP contribution in [0.1, 0.15) is 27.2 Å². The molecule has 1 aromatic rings. The second-order valence-electron chi connectivity index (χ2n) is 5.63. The number of ether oxygens (including phenoxy) is 2. The van der Waals surface area contributed by atoms with Crippen LogP contribution >= 0.6 is 0 Å². The van der Waals surface area contributed by atoms with Crippen LogP contribution in [0, 0.1) is 11.7 Å². The summed E-state index contributed by atoms with van der Waals surface area (Å²) in [6, 6.07) is 6.08. The summed E-state index contributed by atoms with van der Waals surface area (Å²) in [4.78, 5) is 15.8. The second-order valence-corrected chi connectivity index (χ2v) is 5.63. The Kier molecular flexibility index (Phi) is 9.36. The number of methoxy groups -OCH3 is 1. The SMILES string of the molecule is CCNC(=NCC(C)C(=O)OC)NCC(CC)Oc1cccc(F)c1. The highest BCUT2D eigenvalue weighted by Crippen LogP contribution is 2.14. The summed E-state index contributed by atoms with van der Waals surface area (Å²) in [6.45, 7) is 7.24. The van der Waals surface area contributed by atoms with Gasteiger partial charge in [-0.2, -0.15) is 0 Å². The van der Waals surface area contributed by atoms with Crippen molar-refractivity contribution in [2.24, 2.45) is 10.9 Å². The number of rotatable bonds is 9. The Hall–Kier alpha value is -2.31. The zero-order chi connectivity index (χ0) is 18.7. The third-order valence-electron chi connectivity index (χ3n) is 3.52. The quantitative estimate of drug-likeness (QED) is 0.405. The molecule has 2 unspecified atom stereocenters. The van der Waals surface area contributed by atoms with E-state index in [2.05, 4.69) is 15.6 Å². The lowest BCUT2D eigenvalue weighted by Crippen LogP contribution is -2.42. The number of halogens is 1. The molecule has 1 aromatic carbocycles. The molecule has 0 bridgehead atoms. The standard InChI is InChI=1S/C18H28FN3O3/c1-5-15(25-16-9-7-8-14(19)10-16)12-22-18(20-6-2)21-11-13(3)17(23)24-4/h7-10,13,15H,5-6,11-12H2,1-4H3,(H2,20,21,22). The van der Waals surface area contributed by atoms with Crippen molar-refractivity contribution in [3.05, 3.63) is 30.1 Å². The summed E-state index contributed by atoms with van der Waals surface area (Å²) >= 11 is 0. The maximum atomic E-state index is 13.2. The minimum atomic E-state index is -0.327. The smallest absolute Gasteiger partial charge is 0.310 e. The number of nitrogens with one attached hydrogen (secondary N) is 2. The fourth-order valence-electron chi connectivity index (χ4n) is 2.06. The summed E-state index contributed by atoms with van der Waals surface area (Å²) in [5.41, 5.74) is 0. The fraction of sp³-hybridized carbons (Fsp3) is 0.556. The average Bonchev–Trinajstić information content (AvgIpc) is 2.61. The molecule has 0 amide bonds. The molecule has 7 heteroatoms. The summed E-state index contributed by atoms with van der Waals surface area (Å²) in [5, 5.41) is 6.31. The minimum absolute atomic E-state index is 0.135. The fourth-order valence-corrected chi connectivity index (χ4v) is 2.06. The van der Waals surface area contributed by atoms with Gasteiger partial charge in [0.15, 0.2) is 5.96 Å². The number of hydrogen-bond acceptors (Lipinski definition) is 4. The van der Waals surface area contributed by atoms with Crippen molar-refractivity contribution in [2.45, 2.75) is 33.3 Å². The Labute approximate surface area is 148 Å². The lowest BCUT2D eigenvalue weighted by atomic mass is 10.2. The number of aliphatic imine (C=N–C) groups is 1. The molecule has 0 fully saturated rings. The third kappa shape index (κ3) is 7.87. The maximum Gasteiger partial charge on any atom is 0.310 e. The molecule has 0 heterocycles. The van der Waals surface area contributed by atoms with E-state index in [4.69, 9.17) is 9.47 Å². The van der Waals surface area contributed by atoms with Crippen LogP contribution in [0.5, 0.6) is 5.75 Å². The highest BCUT2D eigenvalue weighted by atomic mass is 19.1. The van der Waals surface area contributed by atoms with E-state index >= 15 is 0 Å². The Morgan fingerprint density at radius 2 is 2.08 bits per heavy atom. The van der Waals surface area contributed by atoms with Gasteiger partial charge in [-0.3, -0.25) is 9.79 Å². The van der Waals surface area contributed by atoms with Crippen molar-refractivity contribution < 1.29 is 18.7 Å². The molecule has 6 nitrogen and oxygen atoms in total. The number of carbonyl (C=O) groups excluding carboxylic acids is 1. The first-order valence-corrected chi connectivity index (χ1v) is 8.52. The Morgan fingerprint density at radius 1 is 1.32 bits per heavy atom. The lowest BCUT2D eigenvalue weighted by molar-refractivity contribution is -0.144. The van der Waals surface area contributed by atoms with Crippen molar-refractivity contribution in [1.82, 2.24) is 10.6 Å². The molecule has 0 saturated heterocycles. The van der Waals surface area contributed by atoms with E-state index in [-0.39, 0.29) is 23.8 Å². The van der Waals surface area contributed by atoms with Crippen molar-refractivity contribution in [3.8, 4) is 5.75 Å². The Morgan fingerprint density at radius 3 is 2.68 bits per heavy atom. The van der Waals surface area contributed by atoms with Crippen molar-refractivity contribution >= 4 is 11.9 Å². The molecule has 0 aliphatic rings. The Bertz CT molecular complexity index is 566. The van der Waals surface area contributed by atoms with Crippen LogP contribution < -0.4 is 15.4 Å². The predicted molar refractivity (Wildman–Crippen MR) is 96.3 cm³/mol. The van der Waals surface area contributed by atoms with Crippen LogP contribution in [-0.2, 0) is 9.53 Å². The van der Waals surface area contributed by atoms with Crippen LogP contribution in [-0.4, -0.2) is 44.8 Å². The van der Waals surface area contributed by atoms with Gasteiger partial charge in [-0.25, -0.2) is 4.39 Å². The highest BCUT2D eigenvalue weighted by molar-refractivity contribution is 5.80. The molecule has 0 saturated carbocycles. The first-order chi connectivity index (χ1) is 12.0. The summed E-state index contributed by atoms with van der Waals surface area (Å²) in [7, 11) is 1.36. The van der Waals surface area contributed by atoms with E-state index in [1.54, 1.807) is 19.1 Å². The topological polar surface area (TPSA) is 72.0 Å². The molecule has 0 aliphatic carbocycles. The lowest BCUT2D eigenvalue weighted by Gasteiger charge is -2.20. The number of nitrogens with zero attached hydrogens (tertiary/aromatic N) is 1. The van der Waals surface area contributed by atoms with E-state index in [9.17, 15) is 9.18 Å². The van der Waals surface area contributed by atoms with Gasteiger partial charge in [-0.15, -0.1) is 0 Å². The molecular formula is C18H28FN3O3. The first-order valence-electron chi connectivity index (χ1n) is 8.52. The van der Waals surface area contributed by atoms with E-state index in [0.717, 1.165) is 6.42 Å². The average molecular weight is 353 g/mol. The van der Waals surface area contributed by atoms with Crippen molar-refractivity contribution in [2.75, 3.05) is 26.7 Å². The van der Waals surface area contributed by atoms with Crippen LogP contribution in [0.4, 0.5) is 4.39 Å². The number of guanidine groups is 1. The van der Waals surface area contributed by atoms with Gasteiger partial charge in [0.25, 0.3) is 0 Å². The highest BCUT2D eigenvalue weighted by Gasteiger charge is 2.13. The molecule has 2 atom stereocenters. The largest absolute Gasteiger partial charge is 0.489 e. The summed E-state index contributed by atoms with van der Waals surface area (Å²) in [5.74, 6) is 0.160. The Balaban J connectivity index is 2.59. The third-order valence-corrected chi connectivity index (χ3v) is 3.52. The number of hydrogen-bond donors (Lipinski definition) is 2. The van der Waals surface area contributed by atoms with Crippen LogP contribution in [0.25, 0.3) is 0 Å². The van der Waals surface area contributed by atoms with Crippen molar-refractivity contribution in [1.29, 1.82) is 0 Å². The van der Waals surface area contributed by atoms with Crippen LogP contribution in [0.3, 0.4) is 0 Å². The molecule has 2 N–H and O–H groups in total. The van der Waals surface area contributed by atoms with E-state index in [1.807, 2.05) is 13.8 Å². The van der Waals surface area contributed by atoms with Crippen molar-refractivity contribution in [3.63, 3.8) is 0 Å². The molecule has 0 aliphatic heterocycles. The molecular weight excluding hydrogens is 325 g/mol. The van der Waals surface area contributed by atoms with E-state index < -0.39 is 0 Å². The molecule has 0 spiro atoms.